The van der Waals surface area contributed by atoms with E-state index >= 15 is 0 Å². The Hall–Kier alpha value is -1.62. The monoisotopic (exact) mass is 225 g/mol. The number of rotatable bonds is 1. The molecule has 0 fully saturated rings. The van der Waals surface area contributed by atoms with Crippen LogP contribution in [0, 0.1) is 13.8 Å². The van der Waals surface area contributed by atoms with Crippen molar-refractivity contribution >= 4 is 23.2 Å². The standard InChI is InChI=1S/C9H8ClN3O2/c1-4-5(2)8-11-3-6(9(14)15)13(8)12-7(4)10/h3H,1-2H3,(H,14,15). The molecule has 0 aliphatic heterocycles. The largest absolute Gasteiger partial charge is 0.476 e. The molecule has 1 N–H and O–H groups in total. The van der Waals surface area contributed by atoms with E-state index in [9.17, 15) is 4.79 Å². The molecule has 2 aromatic heterocycles. The molecule has 0 amide bonds. The van der Waals surface area contributed by atoms with Crippen molar-refractivity contribution in [3.63, 3.8) is 0 Å². The number of aromatic nitrogens is 3. The van der Waals surface area contributed by atoms with Crippen LogP contribution in [0.25, 0.3) is 5.65 Å². The maximum absolute atomic E-state index is 10.8. The highest BCUT2D eigenvalue weighted by molar-refractivity contribution is 6.30. The highest BCUT2D eigenvalue weighted by Gasteiger charge is 2.15. The van der Waals surface area contributed by atoms with Crippen molar-refractivity contribution in [3.8, 4) is 0 Å². The number of carboxylic acids is 1. The van der Waals surface area contributed by atoms with E-state index in [1.807, 2.05) is 13.8 Å². The third-order valence-corrected chi connectivity index (χ3v) is 2.71. The SMILES string of the molecule is Cc1c(Cl)nn2c(C(=O)O)cnc2c1C. The average Bonchev–Trinajstić information content (AvgIpc) is 2.58. The second kappa shape index (κ2) is 3.20. The quantitative estimate of drug-likeness (QED) is 0.802. The van der Waals surface area contributed by atoms with Gasteiger partial charge in [-0.05, 0) is 25.0 Å². The van der Waals surface area contributed by atoms with E-state index in [0.29, 0.717) is 10.8 Å². The minimum atomic E-state index is -1.07. The van der Waals surface area contributed by atoms with Crippen LogP contribution in [0.2, 0.25) is 5.15 Å². The first-order valence-electron chi connectivity index (χ1n) is 4.26. The van der Waals surface area contributed by atoms with Crippen molar-refractivity contribution in [2.75, 3.05) is 0 Å². The molecule has 2 rings (SSSR count). The molecule has 0 radical (unpaired) electrons. The summed E-state index contributed by atoms with van der Waals surface area (Å²) < 4.78 is 1.24. The van der Waals surface area contributed by atoms with Crippen LogP contribution >= 0.6 is 11.6 Å². The van der Waals surface area contributed by atoms with Crippen LogP contribution in [-0.2, 0) is 0 Å². The molecule has 0 aliphatic carbocycles. The third-order valence-electron chi connectivity index (χ3n) is 2.35. The molecule has 0 aliphatic rings. The van der Waals surface area contributed by atoms with E-state index in [2.05, 4.69) is 10.1 Å². The fraction of sp³-hybridized carbons (Fsp3) is 0.222. The maximum atomic E-state index is 10.8. The Morgan fingerprint density at radius 1 is 1.47 bits per heavy atom. The second-order valence-corrected chi connectivity index (χ2v) is 3.58. The number of fused-ring (bicyclic) bond motifs is 1. The summed E-state index contributed by atoms with van der Waals surface area (Å²) >= 11 is 5.87. The lowest BCUT2D eigenvalue weighted by Gasteiger charge is -2.04. The van der Waals surface area contributed by atoms with Crippen LogP contribution in [-0.4, -0.2) is 25.7 Å². The molecular formula is C9H8ClN3O2. The second-order valence-electron chi connectivity index (χ2n) is 3.22. The van der Waals surface area contributed by atoms with E-state index in [1.54, 1.807) is 0 Å². The fourth-order valence-corrected chi connectivity index (χ4v) is 1.55. The topological polar surface area (TPSA) is 67.5 Å². The number of nitrogens with zero attached hydrogens (tertiary/aromatic N) is 3. The van der Waals surface area contributed by atoms with E-state index < -0.39 is 5.97 Å². The van der Waals surface area contributed by atoms with Gasteiger partial charge >= 0.3 is 5.97 Å². The number of aryl methyl sites for hydroxylation is 1. The molecule has 0 spiro atoms. The summed E-state index contributed by atoms with van der Waals surface area (Å²) in [5, 5.41) is 13.1. The van der Waals surface area contributed by atoms with Crippen molar-refractivity contribution in [1.82, 2.24) is 14.6 Å². The van der Waals surface area contributed by atoms with Crippen LogP contribution in [0.1, 0.15) is 21.6 Å². The van der Waals surface area contributed by atoms with E-state index in [4.69, 9.17) is 16.7 Å². The molecular weight excluding hydrogens is 218 g/mol. The maximum Gasteiger partial charge on any atom is 0.356 e. The Balaban J connectivity index is 2.89. The molecule has 0 bridgehead atoms. The summed E-state index contributed by atoms with van der Waals surface area (Å²) in [4.78, 5) is 14.8. The van der Waals surface area contributed by atoms with Crippen LogP contribution in [0.3, 0.4) is 0 Å². The van der Waals surface area contributed by atoms with E-state index in [0.717, 1.165) is 11.1 Å². The van der Waals surface area contributed by atoms with Gasteiger partial charge in [0.25, 0.3) is 0 Å². The molecule has 0 aromatic carbocycles. The molecule has 0 saturated heterocycles. The number of imidazole rings is 1. The molecule has 0 atom stereocenters. The number of hydrogen-bond donors (Lipinski definition) is 1. The van der Waals surface area contributed by atoms with Gasteiger partial charge in [0.05, 0.1) is 6.20 Å². The normalized spacial score (nSPS) is 10.9. The summed E-state index contributed by atoms with van der Waals surface area (Å²) in [5.41, 5.74) is 2.18. The zero-order chi connectivity index (χ0) is 11.2. The Kier molecular flexibility index (Phi) is 2.12. The lowest BCUT2D eigenvalue weighted by Crippen LogP contribution is -2.06. The van der Waals surface area contributed by atoms with Gasteiger partial charge in [-0.15, -0.1) is 0 Å². The van der Waals surface area contributed by atoms with Gasteiger partial charge in [0, 0.05) is 0 Å². The molecule has 5 nitrogen and oxygen atoms in total. The minimum absolute atomic E-state index is 0.00926. The van der Waals surface area contributed by atoms with E-state index in [1.165, 1.54) is 10.7 Å². The van der Waals surface area contributed by atoms with Gasteiger partial charge < -0.3 is 5.11 Å². The van der Waals surface area contributed by atoms with Crippen LogP contribution < -0.4 is 0 Å². The molecule has 15 heavy (non-hydrogen) atoms. The van der Waals surface area contributed by atoms with Gasteiger partial charge in [-0.3, -0.25) is 0 Å². The first-order valence-corrected chi connectivity index (χ1v) is 4.64. The van der Waals surface area contributed by atoms with Gasteiger partial charge in [-0.25, -0.2) is 14.3 Å². The van der Waals surface area contributed by atoms with Crippen LogP contribution in [0.5, 0.6) is 0 Å². The van der Waals surface area contributed by atoms with Gasteiger partial charge in [-0.2, -0.15) is 5.10 Å². The highest BCUT2D eigenvalue weighted by Crippen LogP contribution is 2.20. The molecule has 2 aromatic rings. The number of carbonyl (C=O) groups is 1. The van der Waals surface area contributed by atoms with Gasteiger partial charge in [0.2, 0.25) is 0 Å². The summed E-state index contributed by atoms with van der Waals surface area (Å²) in [5.74, 6) is -1.07. The molecule has 0 unspecified atom stereocenters. The Morgan fingerprint density at radius 3 is 2.73 bits per heavy atom. The first kappa shape index (κ1) is 9.92. The number of halogens is 1. The molecule has 0 saturated carbocycles. The zero-order valence-electron chi connectivity index (χ0n) is 8.15. The Bertz CT molecular complexity index is 562. The molecule has 78 valence electrons. The van der Waals surface area contributed by atoms with Crippen molar-refractivity contribution in [3.05, 3.63) is 28.2 Å². The lowest BCUT2D eigenvalue weighted by atomic mass is 10.2. The fourth-order valence-electron chi connectivity index (χ4n) is 1.33. The summed E-state index contributed by atoms with van der Waals surface area (Å²) in [6, 6.07) is 0. The summed E-state index contributed by atoms with van der Waals surface area (Å²) in [6.45, 7) is 3.65. The number of hydrogen-bond acceptors (Lipinski definition) is 3. The predicted octanol–water partition coefficient (Wildman–Crippen LogP) is 1.70. The molecule has 2 heterocycles. The summed E-state index contributed by atoms with van der Waals surface area (Å²) in [6.07, 6.45) is 1.27. The third kappa shape index (κ3) is 1.35. The highest BCUT2D eigenvalue weighted by atomic mass is 35.5. The van der Waals surface area contributed by atoms with Crippen molar-refractivity contribution in [2.24, 2.45) is 0 Å². The number of carboxylic acid groups (broad SMARTS) is 1. The van der Waals surface area contributed by atoms with Gasteiger partial charge in [0.15, 0.2) is 16.5 Å². The number of aromatic carboxylic acids is 1. The van der Waals surface area contributed by atoms with Crippen LogP contribution in [0.15, 0.2) is 6.20 Å². The van der Waals surface area contributed by atoms with Crippen molar-refractivity contribution < 1.29 is 9.90 Å². The predicted molar refractivity (Wildman–Crippen MR) is 54.4 cm³/mol. The van der Waals surface area contributed by atoms with Gasteiger partial charge in [-0.1, -0.05) is 11.6 Å². The van der Waals surface area contributed by atoms with E-state index in [-0.39, 0.29) is 5.69 Å². The van der Waals surface area contributed by atoms with Crippen molar-refractivity contribution in [2.45, 2.75) is 13.8 Å². The van der Waals surface area contributed by atoms with Crippen LogP contribution in [0.4, 0.5) is 0 Å². The average molecular weight is 226 g/mol. The Labute approximate surface area is 90.3 Å². The molecule has 6 heteroatoms. The lowest BCUT2D eigenvalue weighted by molar-refractivity contribution is 0.0688. The summed E-state index contributed by atoms with van der Waals surface area (Å²) in [7, 11) is 0. The van der Waals surface area contributed by atoms with Gasteiger partial charge in [0.1, 0.15) is 0 Å². The first-order chi connectivity index (χ1) is 7.02. The smallest absolute Gasteiger partial charge is 0.356 e. The minimum Gasteiger partial charge on any atom is -0.476 e. The zero-order valence-corrected chi connectivity index (χ0v) is 8.91. The Morgan fingerprint density at radius 2 is 2.13 bits per heavy atom. The van der Waals surface area contributed by atoms with Crippen molar-refractivity contribution in [1.29, 1.82) is 0 Å².